The van der Waals surface area contributed by atoms with E-state index in [1.807, 2.05) is 48.5 Å². The maximum atomic E-state index is 8.62. The number of nitrogens with zero attached hydrogens (tertiary/aromatic N) is 1. The molecule has 0 saturated carbocycles. The van der Waals surface area contributed by atoms with E-state index in [2.05, 4.69) is 13.0 Å². The van der Waals surface area contributed by atoms with Crippen molar-refractivity contribution >= 4 is 0 Å². The molecule has 0 bridgehead atoms. The smallest absolute Gasteiger partial charge is 0.127 e. The van der Waals surface area contributed by atoms with Gasteiger partial charge in [-0.25, -0.2) is 0 Å². The number of nitriles is 1. The molecule has 0 aliphatic carbocycles. The maximum absolute atomic E-state index is 8.62. The third kappa shape index (κ3) is 3.59. The summed E-state index contributed by atoms with van der Waals surface area (Å²) in [6, 6.07) is 17.6. The third-order valence-electron chi connectivity index (χ3n) is 3.19. The van der Waals surface area contributed by atoms with E-state index in [1.165, 1.54) is 0 Å². The molecule has 2 rings (SSSR count). The molecule has 0 aliphatic heterocycles. The number of hydrogen-bond donors (Lipinski definition) is 1. The van der Waals surface area contributed by atoms with Crippen LogP contribution in [0.2, 0.25) is 0 Å². The summed E-state index contributed by atoms with van der Waals surface area (Å²) < 4.78 is 5.76. The summed E-state index contributed by atoms with van der Waals surface area (Å²) in [6.07, 6.45) is 1.34. The zero-order chi connectivity index (χ0) is 14.4. The lowest BCUT2D eigenvalue weighted by Crippen LogP contribution is -2.07. The number of hydrogen-bond acceptors (Lipinski definition) is 3. The highest BCUT2D eigenvalue weighted by molar-refractivity contribution is 5.35. The van der Waals surface area contributed by atoms with Crippen LogP contribution in [0.5, 0.6) is 11.5 Å². The van der Waals surface area contributed by atoms with Crippen molar-refractivity contribution in [1.82, 2.24) is 0 Å². The Morgan fingerprint density at radius 1 is 1.05 bits per heavy atom. The zero-order valence-electron chi connectivity index (χ0n) is 11.5. The van der Waals surface area contributed by atoms with E-state index in [4.69, 9.17) is 15.7 Å². The molecule has 2 aromatic rings. The summed E-state index contributed by atoms with van der Waals surface area (Å²) >= 11 is 0. The monoisotopic (exact) mass is 266 g/mol. The van der Waals surface area contributed by atoms with Crippen LogP contribution in [-0.2, 0) is 6.42 Å². The van der Waals surface area contributed by atoms with Crippen LogP contribution in [-0.4, -0.2) is 0 Å². The summed E-state index contributed by atoms with van der Waals surface area (Å²) in [6.45, 7) is 2.07. The van der Waals surface area contributed by atoms with Gasteiger partial charge in [0.25, 0.3) is 0 Å². The second kappa shape index (κ2) is 6.74. The molecule has 0 heterocycles. The van der Waals surface area contributed by atoms with Crippen LogP contribution in [0.1, 0.15) is 30.5 Å². The molecule has 0 aliphatic rings. The standard InChI is InChI=1S/C17H18N2O/c1-2-17(19)14-5-9-16(10-6-14)20-15-7-3-13(4-8-15)11-12-18/h3-10,17H,2,11,19H2,1H3/t17-/m1/s1. The second-order valence-corrected chi connectivity index (χ2v) is 4.66. The van der Waals surface area contributed by atoms with Crippen molar-refractivity contribution in [3.05, 3.63) is 59.7 Å². The minimum absolute atomic E-state index is 0.0781. The summed E-state index contributed by atoms with van der Waals surface area (Å²) in [7, 11) is 0. The molecule has 0 radical (unpaired) electrons. The first-order chi connectivity index (χ1) is 9.72. The first kappa shape index (κ1) is 14.1. The van der Waals surface area contributed by atoms with Crippen molar-refractivity contribution in [2.45, 2.75) is 25.8 Å². The predicted octanol–water partition coefficient (Wildman–Crippen LogP) is 3.95. The zero-order valence-corrected chi connectivity index (χ0v) is 11.5. The number of rotatable bonds is 5. The molecular weight excluding hydrogens is 248 g/mol. The van der Waals surface area contributed by atoms with Crippen molar-refractivity contribution in [2.75, 3.05) is 0 Å². The van der Waals surface area contributed by atoms with Crippen molar-refractivity contribution in [2.24, 2.45) is 5.73 Å². The lowest BCUT2D eigenvalue weighted by molar-refractivity contribution is 0.482. The molecule has 2 N–H and O–H groups in total. The van der Waals surface area contributed by atoms with E-state index in [-0.39, 0.29) is 6.04 Å². The topological polar surface area (TPSA) is 59.0 Å². The van der Waals surface area contributed by atoms with Crippen LogP contribution in [0.15, 0.2) is 48.5 Å². The Bertz CT molecular complexity index is 582. The van der Waals surface area contributed by atoms with Crippen LogP contribution < -0.4 is 10.5 Å². The molecule has 1 atom stereocenters. The van der Waals surface area contributed by atoms with Crippen LogP contribution in [0.25, 0.3) is 0 Å². The Morgan fingerprint density at radius 3 is 2.10 bits per heavy atom. The van der Waals surface area contributed by atoms with Crippen LogP contribution in [0.3, 0.4) is 0 Å². The number of ether oxygens (including phenoxy) is 1. The minimum Gasteiger partial charge on any atom is -0.457 e. The van der Waals surface area contributed by atoms with Crippen molar-refractivity contribution in [1.29, 1.82) is 5.26 Å². The maximum Gasteiger partial charge on any atom is 0.127 e. The molecule has 0 amide bonds. The van der Waals surface area contributed by atoms with Crippen LogP contribution >= 0.6 is 0 Å². The molecular formula is C17H18N2O. The summed E-state index contributed by atoms with van der Waals surface area (Å²) in [5.74, 6) is 1.55. The van der Waals surface area contributed by atoms with E-state index in [1.54, 1.807) is 0 Å². The second-order valence-electron chi connectivity index (χ2n) is 4.66. The molecule has 20 heavy (non-hydrogen) atoms. The van der Waals surface area contributed by atoms with Gasteiger partial charge < -0.3 is 10.5 Å². The van der Waals surface area contributed by atoms with Gasteiger partial charge in [0.2, 0.25) is 0 Å². The van der Waals surface area contributed by atoms with Gasteiger partial charge in [0.15, 0.2) is 0 Å². The quantitative estimate of drug-likeness (QED) is 0.891. The predicted molar refractivity (Wildman–Crippen MR) is 79.5 cm³/mol. The Labute approximate surface area is 119 Å². The number of nitrogens with two attached hydrogens (primary N) is 1. The highest BCUT2D eigenvalue weighted by Gasteiger charge is 2.03. The van der Waals surface area contributed by atoms with Gasteiger partial charge in [0.05, 0.1) is 12.5 Å². The SMILES string of the molecule is CC[C@@H](N)c1ccc(Oc2ccc(CC#N)cc2)cc1. The lowest BCUT2D eigenvalue weighted by atomic mass is 10.1. The Morgan fingerprint density at radius 2 is 1.60 bits per heavy atom. The molecule has 2 aromatic carbocycles. The van der Waals surface area contributed by atoms with E-state index in [9.17, 15) is 0 Å². The van der Waals surface area contributed by atoms with Crippen molar-refractivity contribution in [3.8, 4) is 17.6 Å². The van der Waals surface area contributed by atoms with Gasteiger partial charge in [-0.3, -0.25) is 0 Å². The number of benzene rings is 2. The lowest BCUT2D eigenvalue weighted by Gasteiger charge is -2.10. The Balaban J connectivity index is 2.04. The Kier molecular flexibility index (Phi) is 4.75. The molecule has 0 fully saturated rings. The van der Waals surface area contributed by atoms with Gasteiger partial charge in [-0.15, -0.1) is 0 Å². The van der Waals surface area contributed by atoms with Gasteiger partial charge in [-0.2, -0.15) is 5.26 Å². The molecule has 0 saturated heterocycles. The van der Waals surface area contributed by atoms with E-state index >= 15 is 0 Å². The fraction of sp³-hybridized carbons (Fsp3) is 0.235. The van der Waals surface area contributed by atoms with E-state index in [0.717, 1.165) is 29.0 Å². The van der Waals surface area contributed by atoms with Gasteiger partial charge in [0, 0.05) is 6.04 Å². The normalized spacial score (nSPS) is 11.7. The average Bonchev–Trinajstić information content (AvgIpc) is 2.49. The van der Waals surface area contributed by atoms with E-state index in [0.29, 0.717) is 6.42 Å². The molecule has 102 valence electrons. The largest absolute Gasteiger partial charge is 0.457 e. The van der Waals surface area contributed by atoms with Gasteiger partial charge in [-0.05, 0) is 41.8 Å². The highest BCUT2D eigenvalue weighted by atomic mass is 16.5. The first-order valence-corrected chi connectivity index (χ1v) is 6.72. The van der Waals surface area contributed by atoms with Crippen LogP contribution in [0, 0.1) is 11.3 Å². The minimum atomic E-state index is 0.0781. The van der Waals surface area contributed by atoms with E-state index < -0.39 is 0 Å². The van der Waals surface area contributed by atoms with Gasteiger partial charge >= 0.3 is 0 Å². The van der Waals surface area contributed by atoms with Gasteiger partial charge in [0.1, 0.15) is 11.5 Å². The summed E-state index contributed by atoms with van der Waals surface area (Å²) in [5, 5.41) is 8.62. The molecule has 3 heteroatoms. The first-order valence-electron chi connectivity index (χ1n) is 6.72. The molecule has 3 nitrogen and oxygen atoms in total. The Hall–Kier alpha value is -2.31. The average molecular weight is 266 g/mol. The summed E-state index contributed by atoms with van der Waals surface area (Å²) in [5.41, 5.74) is 8.08. The highest BCUT2D eigenvalue weighted by Crippen LogP contribution is 2.24. The van der Waals surface area contributed by atoms with Crippen molar-refractivity contribution in [3.63, 3.8) is 0 Å². The molecule has 0 spiro atoms. The fourth-order valence-electron chi connectivity index (χ4n) is 1.92. The van der Waals surface area contributed by atoms with Crippen LogP contribution in [0.4, 0.5) is 0 Å². The fourth-order valence-corrected chi connectivity index (χ4v) is 1.92. The third-order valence-corrected chi connectivity index (χ3v) is 3.19. The molecule has 0 unspecified atom stereocenters. The molecule has 0 aromatic heterocycles. The van der Waals surface area contributed by atoms with Gasteiger partial charge in [-0.1, -0.05) is 31.2 Å². The van der Waals surface area contributed by atoms with Crippen molar-refractivity contribution < 1.29 is 4.74 Å². The summed E-state index contributed by atoms with van der Waals surface area (Å²) in [4.78, 5) is 0.